The first kappa shape index (κ1) is 11.3. The number of amides is 1. The maximum Gasteiger partial charge on any atom is 0.451 e. The fourth-order valence-corrected chi connectivity index (χ4v) is 1.69. The number of rotatable bonds is 3. The molecule has 0 aromatic rings. The second kappa shape index (κ2) is 5.17. The molecule has 0 aromatic carbocycles. The second-order valence-electron chi connectivity index (χ2n) is 3.49. The van der Waals surface area contributed by atoms with Gasteiger partial charge in [-0.25, -0.2) is 9.39 Å². The van der Waals surface area contributed by atoms with Crippen LogP contribution < -0.4 is 10.7 Å². The van der Waals surface area contributed by atoms with Crippen LogP contribution in [0.2, 0.25) is 0 Å². The second-order valence-corrected chi connectivity index (χ2v) is 3.49. The molecule has 0 aliphatic carbocycles. The highest BCUT2D eigenvalue weighted by atomic mass is 16.6. The van der Waals surface area contributed by atoms with E-state index >= 15 is 0 Å². The number of quaternary nitrogens is 1. The summed E-state index contributed by atoms with van der Waals surface area (Å²) in [5.41, 5.74) is 2.92. The largest absolute Gasteiger partial charge is 0.451 e. The lowest BCUT2D eigenvalue weighted by atomic mass is 10.3. The molecule has 5 heteroatoms. The van der Waals surface area contributed by atoms with Gasteiger partial charge < -0.3 is 10.1 Å². The molecule has 1 rings (SSSR count). The Labute approximate surface area is 85.0 Å². The van der Waals surface area contributed by atoms with Crippen molar-refractivity contribution in [3.05, 3.63) is 0 Å². The summed E-state index contributed by atoms with van der Waals surface area (Å²) in [6, 6.07) is 0. The number of ether oxygens (including phenoxy) is 1. The Balaban J connectivity index is 2.47. The molecular formula is C9H20N3O2+. The van der Waals surface area contributed by atoms with E-state index < -0.39 is 0 Å². The lowest BCUT2D eigenvalue weighted by Crippen LogP contribution is -2.66. The van der Waals surface area contributed by atoms with Gasteiger partial charge in [0.1, 0.15) is 13.1 Å². The zero-order valence-electron chi connectivity index (χ0n) is 9.01. The third-order valence-corrected chi connectivity index (χ3v) is 2.64. The van der Waals surface area contributed by atoms with Gasteiger partial charge in [-0.15, -0.1) is 0 Å². The number of nitrogens with one attached hydrogen (secondary N) is 2. The van der Waals surface area contributed by atoms with Gasteiger partial charge >= 0.3 is 6.09 Å². The van der Waals surface area contributed by atoms with E-state index in [0.717, 1.165) is 32.7 Å². The molecule has 0 aromatic heterocycles. The summed E-state index contributed by atoms with van der Waals surface area (Å²) in [5, 5.41) is 3.27. The first-order chi connectivity index (χ1) is 6.72. The Morgan fingerprint density at radius 1 is 1.43 bits per heavy atom. The first-order valence-electron chi connectivity index (χ1n) is 5.24. The van der Waals surface area contributed by atoms with Crippen molar-refractivity contribution >= 4 is 6.09 Å². The van der Waals surface area contributed by atoms with Crippen LogP contribution in [-0.4, -0.2) is 50.0 Å². The number of likely N-dealkylation sites (N-methyl/N-ethyl adjacent to an activating group) is 1. The van der Waals surface area contributed by atoms with Gasteiger partial charge in [0.15, 0.2) is 0 Å². The fourth-order valence-electron chi connectivity index (χ4n) is 1.69. The molecule has 1 amide bonds. The molecular weight excluding hydrogens is 182 g/mol. The van der Waals surface area contributed by atoms with Gasteiger partial charge in [-0.05, 0) is 13.8 Å². The predicted molar refractivity (Wildman–Crippen MR) is 53.6 cm³/mol. The Kier molecular flexibility index (Phi) is 4.16. The van der Waals surface area contributed by atoms with Crippen molar-refractivity contribution in [1.82, 2.24) is 10.7 Å². The molecule has 0 spiro atoms. The molecule has 0 radical (unpaired) electrons. The highest BCUT2D eigenvalue weighted by Gasteiger charge is 2.30. The maximum atomic E-state index is 11.3. The third kappa shape index (κ3) is 2.85. The number of nitrogens with zero attached hydrogens (tertiary/aromatic N) is 1. The zero-order chi connectivity index (χ0) is 10.4. The molecule has 1 heterocycles. The van der Waals surface area contributed by atoms with Crippen molar-refractivity contribution in [3.8, 4) is 0 Å². The van der Waals surface area contributed by atoms with Crippen LogP contribution in [-0.2, 0) is 4.74 Å². The summed E-state index contributed by atoms with van der Waals surface area (Å²) in [7, 11) is 0. The van der Waals surface area contributed by atoms with Gasteiger partial charge in [0.05, 0.1) is 13.2 Å². The molecule has 0 atom stereocenters. The topological polar surface area (TPSA) is 50.4 Å². The average molecular weight is 202 g/mol. The molecule has 0 saturated carbocycles. The lowest BCUT2D eigenvalue weighted by Gasteiger charge is -2.38. The molecule has 1 aliphatic heterocycles. The summed E-state index contributed by atoms with van der Waals surface area (Å²) < 4.78 is 5.52. The molecule has 1 aliphatic rings. The van der Waals surface area contributed by atoms with Gasteiger partial charge in [0.2, 0.25) is 0 Å². The van der Waals surface area contributed by atoms with E-state index in [0.29, 0.717) is 11.2 Å². The van der Waals surface area contributed by atoms with Gasteiger partial charge in [-0.1, -0.05) is 0 Å². The summed E-state index contributed by atoms with van der Waals surface area (Å²) >= 11 is 0. The van der Waals surface area contributed by atoms with Crippen LogP contribution in [0.25, 0.3) is 0 Å². The van der Waals surface area contributed by atoms with Crippen LogP contribution in [0.4, 0.5) is 4.79 Å². The summed E-state index contributed by atoms with van der Waals surface area (Å²) in [5.74, 6) is 0. The van der Waals surface area contributed by atoms with E-state index in [9.17, 15) is 4.79 Å². The Hall–Kier alpha value is -0.810. The van der Waals surface area contributed by atoms with Gasteiger partial charge in [-0.3, -0.25) is 0 Å². The average Bonchev–Trinajstić information content (AvgIpc) is 2.19. The van der Waals surface area contributed by atoms with Crippen LogP contribution in [0.3, 0.4) is 0 Å². The summed E-state index contributed by atoms with van der Waals surface area (Å²) in [4.78, 5) is 11.3. The van der Waals surface area contributed by atoms with E-state index in [4.69, 9.17) is 4.74 Å². The molecule has 1 fully saturated rings. The predicted octanol–water partition coefficient (Wildman–Crippen LogP) is 0.0874. The summed E-state index contributed by atoms with van der Waals surface area (Å²) in [6.07, 6.45) is -0.309. The van der Waals surface area contributed by atoms with E-state index in [1.54, 1.807) is 0 Å². The monoisotopic (exact) mass is 202 g/mol. The van der Waals surface area contributed by atoms with Crippen molar-refractivity contribution in [2.75, 3.05) is 39.3 Å². The van der Waals surface area contributed by atoms with Gasteiger partial charge in [0, 0.05) is 13.1 Å². The quantitative estimate of drug-likeness (QED) is 0.638. The van der Waals surface area contributed by atoms with Crippen LogP contribution in [0.15, 0.2) is 0 Å². The number of hydrogen-bond donors (Lipinski definition) is 2. The van der Waals surface area contributed by atoms with Crippen molar-refractivity contribution < 1.29 is 14.1 Å². The maximum absolute atomic E-state index is 11.3. The Morgan fingerprint density at radius 3 is 2.57 bits per heavy atom. The van der Waals surface area contributed by atoms with Crippen LogP contribution in [0.5, 0.6) is 0 Å². The lowest BCUT2D eigenvalue weighted by molar-refractivity contribution is -0.961. The highest BCUT2D eigenvalue weighted by Crippen LogP contribution is 2.04. The molecule has 1 saturated heterocycles. The van der Waals surface area contributed by atoms with Crippen LogP contribution >= 0.6 is 0 Å². The highest BCUT2D eigenvalue weighted by molar-refractivity contribution is 5.65. The van der Waals surface area contributed by atoms with Crippen LogP contribution in [0.1, 0.15) is 13.8 Å². The molecule has 82 valence electrons. The minimum absolute atomic E-state index is 0.309. The molecule has 5 nitrogen and oxygen atoms in total. The number of piperazine rings is 1. The molecule has 0 unspecified atom stereocenters. The molecule has 0 bridgehead atoms. The van der Waals surface area contributed by atoms with Gasteiger partial charge in [-0.2, -0.15) is 5.43 Å². The Morgan fingerprint density at radius 2 is 2.07 bits per heavy atom. The third-order valence-electron chi connectivity index (χ3n) is 2.64. The number of carbonyl (C=O) groups is 1. The summed E-state index contributed by atoms with van der Waals surface area (Å²) in [6.45, 7) is 8.96. The van der Waals surface area contributed by atoms with E-state index in [1.165, 1.54) is 0 Å². The van der Waals surface area contributed by atoms with Crippen molar-refractivity contribution in [2.24, 2.45) is 0 Å². The number of carbonyl (C=O) groups excluding carboxylic acids is 1. The molecule has 14 heavy (non-hydrogen) atoms. The van der Waals surface area contributed by atoms with Gasteiger partial charge in [0.25, 0.3) is 0 Å². The minimum atomic E-state index is -0.309. The zero-order valence-corrected chi connectivity index (χ0v) is 9.01. The van der Waals surface area contributed by atoms with Crippen LogP contribution in [0, 0.1) is 0 Å². The van der Waals surface area contributed by atoms with E-state index in [1.807, 2.05) is 6.92 Å². The Bertz CT molecular complexity index is 190. The fraction of sp³-hybridized carbons (Fsp3) is 0.889. The van der Waals surface area contributed by atoms with E-state index in [2.05, 4.69) is 17.7 Å². The molecule has 2 N–H and O–H groups in total. The first-order valence-corrected chi connectivity index (χ1v) is 5.24. The SMILES string of the molecule is CCOC(=O)N[N+]1(CC)CCNCC1. The van der Waals surface area contributed by atoms with Crippen molar-refractivity contribution in [3.63, 3.8) is 0 Å². The normalized spacial score (nSPS) is 20.1. The smallest absolute Gasteiger partial charge is 0.447 e. The van der Waals surface area contributed by atoms with E-state index in [-0.39, 0.29) is 6.09 Å². The standard InChI is InChI=1S/C9H19N3O2/c1-3-12(7-5-10-6-8-12)11-9(13)14-4-2/h10H,3-8H2,1-2H3/p+1. The minimum Gasteiger partial charge on any atom is -0.447 e. The van der Waals surface area contributed by atoms with Crippen molar-refractivity contribution in [1.29, 1.82) is 0 Å². The number of hydrogen-bond acceptors (Lipinski definition) is 3. The van der Waals surface area contributed by atoms with Crippen molar-refractivity contribution in [2.45, 2.75) is 13.8 Å².